The number of carbonyl (C=O) groups excluding carboxylic acids is 1. The number of carboxylic acid groups (broad SMARTS) is 1. The lowest BCUT2D eigenvalue weighted by molar-refractivity contribution is -0.160. The molecule has 0 heterocycles. The number of methoxy groups -OCH3 is 1. The molecular formula is C22H27NO5. The number of aliphatic carboxylic acids is 1. The SMILES string of the molecule is COC(=O)[C@]1(C(=O)O)C[C@H]1CO.C[C@@H](NCc1ccccc1)c1ccccc1. The number of aliphatic hydroxyl groups is 1. The van der Waals surface area contributed by atoms with Gasteiger partial charge in [-0.05, 0) is 24.5 Å². The van der Waals surface area contributed by atoms with Crippen LogP contribution >= 0.6 is 0 Å². The fourth-order valence-electron chi connectivity index (χ4n) is 3.06. The second-order valence-corrected chi connectivity index (χ2v) is 6.85. The number of carbonyl (C=O) groups is 2. The predicted octanol–water partition coefficient (Wildman–Crippen LogP) is 2.78. The lowest BCUT2D eigenvalue weighted by Crippen LogP contribution is -2.29. The maximum absolute atomic E-state index is 11.0. The number of rotatable bonds is 7. The molecule has 0 spiro atoms. The van der Waals surface area contributed by atoms with Crippen molar-refractivity contribution in [2.45, 2.75) is 25.9 Å². The summed E-state index contributed by atoms with van der Waals surface area (Å²) >= 11 is 0. The highest BCUT2D eigenvalue weighted by Crippen LogP contribution is 2.53. The van der Waals surface area contributed by atoms with Gasteiger partial charge in [0.15, 0.2) is 5.41 Å². The van der Waals surface area contributed by atoms with Gasteiger partial charge in [-0.25, -0.2) is 0 Å². The molecule has 6 nitrogen and oxygen atoms in total. The molecule has 0 amide bonds. The van der Waals surface area contributed by atoms with Crippen LogP contribution in [0.25, 0.3) is 0 Å². The van der Waals surface area contributed by atoms with Crippen LogP contribution in [0.2, 0.25) is 0 Å². The molecule has 6 heteroatoms. The number of hydrogen-bond donors (Lipinski definition) is 3. The summed E-state index contributed by atoms with van der Waals surface area (Å²) in [5.41, 5.74) is 1.19. The fraction of sp³-hybridized carbons (Fsp3) is 0.364. The molecule has 0 aliphatic heterocycles. The molecule has 0 radical (unpaired) electrons. The first kappa shape index (κ1) is 21.6. The second-order valence-electron chi connectivity index (χ2n) is 6.85. The van der Waals surface area contributed by atoms with Gasteiger partial charge >= 0.3 is 11.9 Å². The van der Waals surface area contributed by atoms with Crippen LogP contribution in [0.5, 0.6) is 0 Å². The lowest BCUT2D eigenvalue weighted by atomic mass is 10.1. The first-order chi connectivity index (χ1) is 13.5. The summed E-state index contributed by atoms with van der Waals surface area (Å²) in [5.74, 6) is -2.47. The summed E-state index contributed by atoms with van der Waals surface area (Å²) < 4.78 is 4.34. The molecule has 0 bridgehead atoms. The predicted molar refractivity (Wildman–Crippen MR) is 105 cm³/mol. The highest BCUT2D eigenvalue weighted by molar-refractivity contribution is 6.02. The molecule has 0 saturated heterocycles. The lowest BCUT2D eigenvalue weighted by Gasteiger charge is -2.14. The Bertz CT molecular complexity index is 765. The fourth-order valence-corrected chi connectivity index (χ4v) is 3.06. The zero-order valence-corrected chi connectivity index (χ0v) is 16.2. The van der Waals surface area contributed by atoms with Crippen LogP contribution in [-0.2, 0) is 20.9 Å². The van der Waals surface area contributed by atoms with Crippen LogP contribution in [-0.4, -0.2) is 35.9 Å². The first-order valence-electron chi connectivity index (χ1n) is 9.20. The van der Waals surface area contributed by atoms with Crippen molar-refractivity contribution >= 4 is 11.9 Å². The zero-order chi connectivity index (χ0) is 20.6. The van der Waals surface area contributed by atoms with Crippen molar-refractivity contribution < 1.29 is 24.5 Å². The van der Waals surface area contributed by atoms with Gasteiger partial charge in [-0.1, -0.05) is 60.7 Å². The van der Waals surface area contributed by atoms with E-state index < -0.39 is 23.3 Å². The van der Waals surface area contributed by atoms with Gasteiger partial charge in [0.2, 0.25) is 0 Å². The molecule has 1 fully saturated rings. The minimum absolute atomic E-state index is 0.172. The highest BCUT2D eigenvalue weighted by atomic mass is 16.5. The monoisotopic (exact) mass is 385 g/mol. The molecular weight excluding hydrogens is 358 g/mol. The van der Waals surface area contributed by atoms with Crippen LogP contribution in [0.4, 0.5) is 0 Å². The maximum atomic E-state index is 11.0. The molecule has 3 atom stereocenters. The summed E-state index contributed by atoms with van der Waals surface area (Å²) in [6.07, 6.45) is 0.172. The summed E-state index contributed by atoms with van der Waals surface area (Å²) in [4.78, 5) is 21.6. The van der Waals surface area contributed by atoms with Crippen molar-refractivity contribution in [3.63, 3.8) is 0 Å². The molecule has 0 unspecified atom stereocenters. The normalized spacial score (nSPS) is 21.0. The number of benzene rings is 2. The Morgan fingerprint density at radius 2 is 1.71 bits per heavy atom. The number of aliphatic hydroxyl groups excluding tert-OH is 1. The third-order valence-corrected chi connectivity index (χ3v) is 5.01. The third kappa shape index (κ3) is 5.18. The topological polar surface area (TPSA) is 95.9 Å². The van der Waals surface area contributed by atoms with Gasteiger partial charge in [-0.2, -0.15) is 0 Å². The number of esters is 1. The van der Waals surface area contributed by atoms with Crippen LogP contribution in [0.1, 0.15) is 30.5 Å². The molecule has 2 aromatic rings. The van der Waals surface area contributed by atoms with Crippen LogP contribution in [0, 0.1) is 11.3 Å². The van der Waals surface area contributed by atoms with E-state index in [1.54, 1.807) is 0 Å². The average Bonchev–Trinajstić information content (AvgIpc) is 3.49. The maximum Gasteiger partial charge on any atom is 0.323 e. The standard InChI is InChI=1S/C15H17N.C7H10O5/c1-13(15-10-6-3-7-11-15)16-12-14-8-4-2-5-9-14;1-12-6(11)7(5(9)10)2-4(7)3-8/h2-11,13,16H,12H2,1H3;4,8H,2-3H2,1H3,(H,9,10)/t13-;4-,7+/m10/s1. The summed E-state index contributed by atoms with van der Waals surface area (Å²) in [5, 5.41) is 20.9. The number of carboxylic acids is 1. The van der Waals surface area contributed by atoms with Gasteiger partial charge in [-0.15, -0.1) is 0 Å². The van der Waals surface area contributed by atoms with Gasteiger partial charge in [-0.3, -0.25) is 9.59 Å². The Balaban J connectivity index is 0.000000209. The van der Waals surface area contributed by atoms with E-state index in [4.69, 9.17) is 10.2 Å². The van der Waals surface area contributed by atoms with Crippen LogP contribution in [0.15, 0.2) is 60.7 Å². The Labute approximate surface area is 165 Å². The van der Waals surface area contributed by atoms with Crippen LogP contribution < -0.4 is 5.32 Å². The first-order valence-corrected chi connectivity index (χ1v) is 9.20. The van der Waals surface area contributed by atoms with E-state index >= 15 is 0 Å². The van der Waals surface area contributed by atoms with E-state index in [0.29, 0.717) is 6.04 Å². The van der Waals surface area contributed by atoms with Gasteiger partial charge in [0, 0.05) is 25.1 Å². The van der Waals surface area contributed by atoms with Crippen molar-refractivity contribution in [3.8, 4) is 0 Å². The molecule has 150 valence electrons. The van der Waals surface area contributed by atoms with Crippen molar-refractivity contribution in [1.82, 2.24) is 5.32 Å². The van der Waals surface area contributed by atoms with Gasteiger partial charge in [0.1, 0.15) is 0 Å². The van der Waals surface area contributed by atoms with Gasteiger partial charge in [0.25, 0.3) is 0 Å². The molecule has 0 aromatic heterocycles. The Morgan fingerprint density at radius 1 is 1.14 bits per heavy atom. The quantitative estimate of drug-likeness (QED) is 0.501. The van der Waals surface area contributed by atoms with Crippen molar-refractivity contribution in [3.05, 3.63) is 71.8 Å². The van der Waals surface area contributed by atoms with Crippen LogP contribution in [0.3, 0.4) is 0 Å². The molecule has 1 saturated carbocycles. The highest BCUT2D eigenvalue weighted by Gasteiger charge is 2.67. The van der Waals surface area contributed by atoms with E-state index in [0.717, 1.165) is 13.7 Å². The van der Waals surface area contributed by atoms with E-state index in [9.17, 15) is 9.59 Å². The minimum atomic E-state index is -1.47. The smallest absolute Gasteiger partial charge is 0.323 e. The largest absolute Gasteiger partial charge is 0.480 e. The summed E-state index contributed by atoms with van der Waals surface area (Å²) in [6.45, 7) is 2.82. The summed E-state index contributed by atoms with van der Waals surface area (Å²) in [7, 11) is 1.14. The van der Waals surface area contributed by atoms with Crippen molar-refractivity contribution in [2.75, 3.05) is 13.7 Å². The Kier molecular flexibility index (Phi) is 7.72. The van der Waals surface area contributed by atoms with E-state index in [-0.39, 0.29) is 13.0 Å². The molecule has 1 aliphatic rings. The zero-order valence-electron chi connectivity index (χ0n) is 16.2. The molecule has 1 aliphatic carbocycles. The second kappa shape index (κ2) is 10.0. The van der Waals surface area contributed by atoms with E-state index in [1.807, 2.05) is 12.1 Å². The van der Waals surface area contributed by atoms with Gasteiger partial charge in [0.05, 0.1) is 7.11 Å². The van der Waals surface area contributed by atoms with E-state index in [1.165, 1.54) is 11.1 Å². The minimum Gasteiger partial charge on any atom is -0.480 e. The van der Waals surface area contributed by atoms with Crippen molar-refractivity contribution in [1.29, 1.82) is 0 Å². The number of ether oxygens (including phenoxy) is 1. The molecule has 28 heavy (non-hydrogen) atoms. The third-order valence-electron chi connectivity index (χ3n) is 5.01. The average molecular weight is 385 g/mol. The molecule has 3 N–H and O–H groups in total. The van der Waals surface area contributed by atoms with Gasteiger partial charge < -0.3 is 20.3 Å². The Hall–Kier alpha value is -2.70. The number of nitrogens with one attached hydrogen (secondary N) is 1. The van der Waals surface area contributed by atoms with Crippen molar-refractivity contribution in [2.24, 2.45) is 11.3 Å². The molecule has 2 aromatic carbocycles. The Morgan fingerprint density at radius 3 is 2.18 bits per heavy atom. The van der Waals surface area contributed by atoms with E-state index in [2.05, 4.69) is 65.5 Å². The molecule has 3 rings (SSSR count). The number of hydrogen-bond acceptors (Lipinski definition) is 5. The summed E-state index contributed by atoms with van der Waals surface area (Å²) in [6, 6.07) is 21.4.